The van der Waals surface area contributed by atoms with E-state index in [0.717, 1.165) is 32.6 Å². The van der Waals surface area contributed by atoms with E-state index in [9.17, 15) is 5.11 Å². The molecule has 0 aromatic carbocycles. The van der Waals surface area contributed by atoms with Crippen molar-refractivity contribution in [2.24, 2.45) is 0 Å². The van der Waals surface area contributed by atoms with Gasteiger partial charge in [0.15, 0.2) is 0 Å². The van der Waals surface area contributed by atoms with Gasteiger partial charge < -0.3 is 10.0 Å². The molecule has 0 spiro atoms. The molecule has 3 nitrogen and oxygen atoms in total. The van der Waals surface area contributed by atoms with Crippen molar-refractivity contribution in [3.05, 3.63) is 0 Å². The molecular formula is C9H18N2O. The number of aliphatic hydroxyl groups is 1. The normalized spacial score (nSPS) is 39.5. The molecule has 2 saturated heterocycles. The van der Waals surface area contributed by atoms with Crippen LogP contribution in [-0.2, 0) is 0 Å². The fourth-order valence-electron chi connectivity index (χ4n) is 2.35. The summed E-state index contributed by atoms with van der Waals surface area (Å²) in [6.07, 6.45) is 3.43. The summed E-state index contributed by atoms with van der Waals surface area (Å²) in [5.41, 5.74) is -0.495. The number of likely N-dealkylation sites (tertiary alicyclic amines) is 2. The van der Waals surface area contributed by atoms with Gasteiger partial charge in [-0.2, -0.15) is 0 Å². The summed E-state index contributed by atoms with van der Waals surface area (Å²) < 4.78 is 0. The van der Waals surface area contributed by atoms with Crippen LogP contribution in [0.2, 0.25) is 0 Å². The number of β-amino-alcohol motifs (C(OH)–C–C–N with tert-alkyl or cyclic N) is 1. The molecule has 1 N–H and O–H groups in total. The van der Waals surface area contributed by atoms with E-state index in [4.69, 9.17) is 0 Å². The first-order valence-electron chi connectivity index (χ1n) is 4.87. The maximum atomic E-state index is 10.2. The fourth-order valence-corrected chi connectivity index (χ4v) is 2.35. The Hall–Kier alpha value is -0.120. The Balaban J connectivity index is 2.00. The number of hydrogen-bond donors (Lipinski definition) is 1. The zero-order valence-electron chi connectivity index (χ0n) is 7.79. The molecule has 70 valence electrons. The summed E-state index contributed by atoms with van der Waals surface area (Å²) in [6, 6.07) is 0. The van der Waals surface area contributed by atoms with Gasteiger partial charge in [0.1, 0.15) is 5.72 Å². The SMILES string of the molecule is CN1CC[C@](O)(N2CCCC2)C1. The Kier molecular flexibility index (Phi) is 2.10. The highest BCUT2D eigenvalue weighted by Gasteiger charge is 2.40. The Morgan fingerprint density at radius 1 is 1.17 bits per heavy atom. The monoisotopic (exact) mass is 170 g/mol. The van der Waals surface area contributed by atoms with E-state index in [1.807, 2.05) is 0 Å². The first-order valence-corrected chi connectivity index (χ1v) is 4.87. The highest BCUT2D eigenvalue weighted by Crippen LogP contribution is 2.27. The molecule has 2 fully saturated rings. The van der Waals surface area contributed by atoms with E-state index in [2.05, 4.69) is 16.8 Å². The molecule has 3 heteroatoms. The standard InChI is InChI=1S/C9H18N2O/c1-10-7-4-9(12,8-10)11-5-2-3-6-11/h12H,2-8H2,1H3/t9-/m1/s1. The zero-order chi connectivity index (χ0) is 8.60. The van der Waals surface area contributed by atoms with Gasteiger partial charge in [0, 0.05) is 32.6 Å². The molecule has 0 aliphatic carbocycles. The molecule has 0 aromatic heterocycles. The molecule has 2 rings (SSSR count). The second-order valence-corrected chi connectivity index (χ2v) is 4.16. The first kappa shape index (κ1) is 8.48. The molecule has 2 heterocycles. The van der Waals surface area contributed by atoms with Gasteiger partial charge in [-0.15, -0.1) is 0 Å². The quantitative estimate of drug-likeness (QED) is 0.605. The molecule has 0 saturated carbocycles. The topological polar surface area (TPSA) is 26.7 Å². The number of hydrogen-bond acceptors (Lipinski definition) is 3. The van der Waals surface area contributed by atoms with E-state index in [1.54, 1.807) is 0 Å². The van der Waals surface area contributed by atoms with Gasteiger partial charge >= 0.3 is 0 Å². The van der Waals surface area contributed by atoms with E-state index in [1.165, 1.54) is 12.8 Å². The predicted octanol–water partition coefficient (Wildman–Crippen LogP) is 0.106. The zero-order valence-corrected chi connectivity index (χ0v) is 7.79. The van der Waals surface area contributed by atoms with E-state index in [-0.39, 0.29) is 0 Å². The van der Waals surface area contributed by atoms with Crippen molar-refractivity contribution >= 4 is 0 Å². The second kappa shape index (κ2) is 2.98. The average Bonchev–Trinajstić information content (AvgIpc) is 2.59. The first-order chi connectivity index (χ1) is 5.71. The van der Waals surface area contributed by atoms with Gasteiger partial charge in [-0.3, -0.25) is 4.90 Å². The minimum Gasteiger partial charge on any atom is -0.374 e. The molecule has 12 heavy (non-hydrogen) atoms. The smallest absolute Gasteiger partial charge is 0.132 e. The molecule has 0 aromatic rings. The Labute approximate surface area is 74.0 Å². The van der Waals surface area contributed by atoms with Crippen molar-refractivity contribution in [2.75, 3.05) is 33.2 Å². The van der Waals surface area contributed by atoms with Crippen LogP contribution in [-0.4, -0.2) is 53.9 Å². The van der Waals surface area contributed by atoms with E-state index >= 15 is 0 Å². The van der Waals surface area contributed by atoms with Crippen molar-refractivity contribution in [2.45, 2.75) is 25.0 Å². The van der Waals surface area contributed by atoms with Crippen LogP contribution in [0.25, 0.3) is 0 Å². The Bertz CT molecular complexity index is 168. The second-order valence-electron chi connectivity index (χ2n) is 4.16. The Morgan fingerprint density at radius 2 is 1.83 bits per heavy atom. The summed E-state index contributed by atoms with van der Waals surface area (Å²) >= 11 is 0. The van der Waals surface area contributed by atoms with Crippen molar-refractivity contribution in [1.82, 2.24) is 9.80 Å². The van der Waals surface area contributed by atoms with Gasteiger partial charge in [0.2, 0.25) is 0 Å². The maximum Gasteiger partial charge on any atom is 0.132 e. The van der Waals surface area contributed by atoms with Crippen LogP contribution in [0, 0.1) is 0 Å². The third-order valence-electron chi connectivity index (χ3n) is 3.11. The molecule has 0 amide bonds. The molecule has 2 aliphatic rings. The number of rotatable bonds is 1. The summed E-state index contributed by atoms with van der Waals surface area (Å²) in [5.74, 6) is 0. The highest BCUT2D eigenvalue weighted by atomic mass is 16.3. The van der Waals surface area contributed by atoms with Gasteiger partial charge in [-0.05, 0) is 19.9 Å². The van der Waals surface area contributed by atoms with E-state index < -0.39 is 5.72 Å². The van der Waals surface area contributed by atoms with Gasteiger partial charge in [0.25, 0.3) is 0 Å². The van der Waals surface area contributed by atoms with Crippen molar-refractivity contribution in [3.63, 3.8) is 0 Å². The fraction of sp³-hybridized carbons (Fsp3) is 1.00. The van der Waals surface area contributed by atoms with Crippen LogP contribution in [0.15, 0.2) is 0 Å². The summed E-state index contributed by atoms with van der Waals surface area (Å²) in [7, 11) is 2.08. The molecule has 0 bridgehead atoms. The van der Waals surface area contributed by atoms with Crippen LogP contribution in [0.5, 0.6) is 0 Å². The summed E-state index contributed by atoms with van der Waals surface area (Å²) in [6.45, 7) is 4.04. The lowest BCUT2D eigenvalue weighted by Crippen LogP contribution is -2.48. The minimum absolute atomic E-state index is 0.495. The van der Waals surface area contributed by atoms with Gasteiger partial charge in [-0.1, -0.05) is 0 Å². The van der Waals surface area contributed by atoms with Gasteiger partial charge in [0.05, 0.1) is 0 Å². The van der Waals surface area contributed by atoms with Crippen LogP contribution >= 0.6 is 0 Å². The molecule has 2 aliphatic heterocycles. The van der Waals surface area contributed by atoms with Crippen LogP contribution in [0.4, 0.5) is 0 Å². The molecule has 1 atom stereocenters. The molecular weight excluding hydrogens is 152 g/mol. The Morgan fingerprint density at radius 3 is 2.33 bits per heavy atom. The summed E-state index contributed by atoms with van der Waals surface area (Å²) in [4.78, 5) is 4.45. The lowest BCUT2D eigenvalue weighted by Gasteiger charge is -2.33. The van der Waals surface area contributed by atoms with Crippen LogP contribution in [0.3, 0.4) is 0 Å². The highest BCUT2D eigenvalue weighted by molar-refractivity contribution is 4.90. The van der Waals surface area contributed by atoms with Crippen molar-refractivity contribution in [3.8, 4) is 0 Å². The largest absolute Gasteiger partial charge is 0.374 e. The maximum absolute atomic E-state index is 10.2. The lowest BCUT2D eigenvalue weighted by atomic mass is 10.1. The van der Waals surface area contributed by atoms with Crippen molar-refractivity contribution in [1.29, 1.82) is 0 Å². The van der Waals surface area contributed by atoms with Crippen molar-refractivity contribution < 1.29 is 5.11 Å². The third kappa shape index (κ3) is 1.37. The lowest BCUT2D eigenvalue weighted by molar-refractivity contribution is -0.0853. The van der Waals surface area contributed by atoms with E-state index in [0.29, 0.717) is 0 Å². The minimum atomic E-state index is -0.495. The predicted molar refractivity (Wildman–Crippen MR) is 47.9 cm³/mol. The van der Waals surface area contributed by atoms with Crippen LogP contribution in [0.1, 0.15) is 19.3 Å². The number of nitrogens with zero attached hydrogens (tertiary/aromatic N) is 2. The van der Waals surface area contributed by atoms with Crippen LogP contribution < -0.4 is 0 Å². The molecule has 0 unspecified atom stereocenters. The average molecular weight is 170 g/mol. The third-order valence-corrected chi connectivity index (χ3v) is 3.11. The number of likely N-dealkylation sites (N-methyl/N-ethyl adjacent to an activating group) is 1. The summed E-state index contributed by atoms with van der Waals surface area (Å²) in [5, 5.41) is 10.2. The van der Waals surface area contributed by atoms with Gasteiger partial charge in [-0.25, -0.2) is 0 Å². The molecule has 0 radical (unpaired) electrons.